The third-order valence-corrected chi connectivity index (χ3v) is 8.24. The fourth-order valence-corrected chi connectivity index (χ4v) is 6.54. The number of imidazole rings is 1. The van der Waals surface area contributed by atoms with E-state index in [1.165, 1.54) is 0 Å². The maximum atomic E-state index is 12.5. The molecule has 1 aromatic carbocycles. The van der Waals surface area contributed by atoms with Crippen LogP contribution in [0, 0.1) is 0 Å². The van der Waals surface area contributed by atoms with E-state index in [-0.39, 0.29) is 17.7 Å². The van der Waals surface area contributed by atoms with Gasteiger partial charge < -0.3 is 9.88 Å². The number of hydrogen-bond donors (Lipinski definition) is 1. The Labute approximate surface area is 169 Å². The topological polar surface area (TPSA) is 86.4 Å². The van der Waals surface area contributed by atoms with E-state index in [9.17, 15) is 13.2 Å². The van der Waals surface area contributed by atoms with Crippen LogP contribution in [0.4, 0.5) is 0 Å². The molecule has 152 valence electrons. The number of nitrogens with one attached hydrogen (secondary N) is 1. The monoisotopic (exact) mass is 422 g/mol. The van der Waals surface area contributed by atoms with E-state index in [0.717, 1.165) is 47.9 Å². The van der Waals surface area contributed by atoms with Crippen LogP contribution in [0.25, 0.3) is 11.0 Å². The van der Waals surface area contributed by atoms with E-state index >= 15 is 0 Å². The Morgan fingerprint density at radius 2 is 2.00 bits per heavy atom. The first-order valence-corrected chi connectivity index (χ1v) is 12.6. The molecule has 1 atom stereocenters. The summed E-state index contributed by atoms with van der Waals surface area (Å²) in [6, 6.07) is 8.10. The fourth-order valence-electron chi connectivity index (χ4n) is 3.95. The van der Waals surface area contributed by atoms with Crippen LogP contribution in [0.15, 0.2) is 29.4 Å². The van der Waals surface area contributed by atoms with Crippen LogP contribution < -0.4 is 0 Å². The molecule has 2 aliphatic heterocycles. The van der Waals surface area contributed by atoms with Gasteiger partial charge >= 0.3 is 0 Å². The molecule has 2 aromatic rings. The quantitative estimate of drug-likeness (QED) is 0.564. The second-order valence-corrected chi connectivity index (χ2v) is 10.8. The summed E-state index contributed by atoms with van der Waals surface area (Å²) in [5, 5.41) is 0.897. The number of nitrogens with zero attached hydrogens (tertiary/aromatic N) is 3. The van der Waals surface area contributed by atoms with Crippen molar-refractivity contribution in [3.63, 3.8) is 0 Å². The first-order chi connectivity index (χ1) is 13.5. The number of fused-ring (bicyclic) bond motifs is 1. The number of para-hydroxylation sites is 2. The number of carbonyl (C=O) groups excluding carboxylic acids is 1. The van der Waals surface area contributed by atoms with Crippen molar-refractivity contribution in [1.29, 1.82) is 0 Å². The molecule has 28 heavy (non-hydrogen) atoms. The van der Waals surface area contributed by atoms with Gasteiger partial charge in [0.15, 0.2) is 15.0 Å². The van der Waals surface area contributed by atoms with Crippen LogP contribution in [0.3, 0.4) is 0 Å². The Bertz CT molecular complexity index is 903. The highest BCUT2D eigenvalue weighted by Gasteiger charge is 2.34. The predicted molar refractivity (Wildman–Crippen MR) is 111 cm³/mol. The van der Waals surface area contributed by atoms with Gasteiger partial charge in [0.25, 0.3) is 0 Å². The van der Waals surface area contributed by atoms with Gasteiger partial charge in [-0.2, -0.15) is 0 Å². The van der Waals surface area contributed by atoms with Gasteiger partial charge in [-0.3, -0.25) is 9.69 Å². The minimum absolute atomic E-state index is 0.141. The SMILES string of the molecule is O=C(CCCSc1nc2ccccc2[nH]1)N1CCN([C@H]2CCS(=O)(=O)C2)CC1. The van der Waals surface area contributed by atoms with E-state index in [0.29, 0.717) is 25.3 Å². The maximum absolute atomic E-state index is 12.5. The summed E-state index contributed by atoms with van der Waals surface area (Å²) >= 11 is 1.65. The van der Waals surface area contributed by atoms with Gasteiger partial charge in [-0.05, 0) is 25.0 Å². The molecule has 4 rings (SSSR count). The molecule has 1 N–H and O–H groups in total. The fraction of sp³-hybridized carbons (Fsp3) is 0.579. The Morgan fingerprint density at radius 1 is 1.21 bits per heavy atom. The lowest BCUT2D eigenvalue weighted by Crippen LogP contribution is -2.52. The van der Waals surface area contributed by atoms with Crippen molar-refractivity contribution < 1.29 is 13.2 Å². The molecule has 2 aliphatic rings. The number of thioether (sulfide) groups is 1. The van der Waals surface area contributed by atoms with Crippen LogP contribution in [-0.2, 0) is 14.6 Å². The number of aromatic amines is 1. The lowest BCUT2D eigenvalue weighted by Gasteiger charge is -2.37. The highest BCUT2D eigenvalue weighted by atomic mass is 32.2. The van der Waals surface area contributed by atoms with Crippen molar-refractivity contribution in [1.82, 2.24) is 19.8 Å². The van der Waals surface area contributed by atoms with Crippen LogP contribution in [-0.4, -0.2) is 83.6 Å². The zero-order valence-corrected chi connectivity index (χ0v) is 17.5. The van der Waals surface area contributed by atoms with E-state index in [1.807, 2.05) is 29.2 Å². The number of aromatic nitrogens is 2. The number of piperazine rings is 1. The molecule has 7 nitrogen and oxygen atoms in total. The van der Waals surface area contributed by atoms with Gasteiger partial charge in [0.2, 0.25) is 5.91 Å². The summed E-state index contributed by atoms with van der Waals surface area (Å²) in [5.74, 6) is 1.63. The first kappa shape index (κ1) is 19.7. The average Bonchev–Trinajstić information content (AvgIpc) is 3.27. The Morgan fingerprint density at radius 3 is 2.71 bits per heavy atom. The molecule has 1 aromatic heterocycles. The highest BCUT2D eigenvalue weighted by Crippen LogP contribution is 2.21. The van der Waals surface area contributed by atoms with Gasteiger partial charge in [0, 0.05) is 44.4 Å². The largest absolute Gasteiger partial charge is 0.340 e. The molecule has 0 bridgehead atoms. The minimum atomic E-state index is -2.85. The third kappa shape index (κ3) is 4.69. The summed E-state index contributed by atoms with van der Waals surface area (Å²) in [6.07, 6.45) is 2.10. The van der Waals surface area contributed by atoms with Gasteiger partial charge in [-0.25, -0.2) is 13.4 Å². The standard InChI is InChI=1S/C19H26N4O3S2/c24-18(6-3-12-27-19-20-16-4-1-2-5-17(16)21-19)23-10-8-22(9-11-23)15-7-13-28(25,26)14-15/h1-2,4-5,15H,3,6-14H2,(H,20,21)/t15-/m0/s1. The molecule has 2 saturated heterocycles. The normalized spacial score (nSPS) is 22.7. The summed E-state index contributed by atoms with van der Waals surface area (Å²) in [7, 11) is -2.85. The number of carbonyl (C=O) groups is 1. The molecular formula is C19H26N4O3S2. The summed E-state index contributed by atoms with van der Waals surface area (Å²) < 4.78 is 23.3. The van der Waals surface area contributed by atoms with E-state index in [1.54, 1.807) is 11.8 Å². The third-order valence-electron chi connectivity index (χ3n) is 5.53. The second-order valence-electron chi connectivity index (χ2n) is 7.48. The molecule has 0 radical (unpaired) electrons. The zero-order valence-electron chi connectivity index (χ0n) is 15.8. The molecule has 0 spiro atoms. The number of benzene rings is 1. The van der Waals surface area contributed by atoms with Gasteiger partial charge in [0.05, 0.1) is 22.5 Å². The Kier molecular flexibility index (Phi) is 5.93. The van der Waals surface area contributed by atoms with Crippen molar-refractivity contribution in [3.8, 4) is 0 Å². The summed E-state index contributed by atoms with van der Waals surface area (Å²) in [6.45, 7) is 2.96. The number of rotatable bonds is 6. The summed E-state index contributed by atoms with van der Waals surface area (Å²) in [5.41, 5.74) is 2.00. The minimum Gasteiger partial charge on any atom is -0.340 e. The van der Waals surface area contributed by atoms with E-state index in [4.69, 9.17) is 0 Å². The number of H-pyrrole nitrogens is 1. The van der Waals surface area contributed by atoms with Gasteiger partial charge in [-0.1, -0.05) is 23.9 Å². The lowest BCUT2D eigenvalue weighted by atomic mass is 10.2. The average molecular weight is 423 g/mol. The van der Waals surface area contributed by atoms with Gasteiger partial charge in [-0.15, -0.1) is 0 Å². The van der Waals surface area contributed by atoms with Gasteiger partial charge in [0.1, 0.15) is 0 Å². The smallest absolute Gasteiger partial charge is 0.222 e. The van der Waals surface area contributed by atoms with E-state index < -0.39 is 9.84 Å². The molecule has 9 heteroatoms. The van der Waals surface area contributed by atoms with Crippen molar-refractivity contribution in [2.45, 2.75) is 30.5 Å². The lowest BCUT2D eigenvalue weighted by molar-refractivity contribution is -0.133. The van der Waals surface area contributed by atoms with Crippen LogP contribution in [0.1, 0.15) is 19.3 Å². The number of hydrogen-bond acceptors (Lipinski definition) is 6. The van der Waals surface area contributed by atoms with Crippen LogP contribution in [0.2, 0.25) is 0 Å². The molecule has 2 fully saturated rings. The van der Waals surface area contributed by atoms with Crippen LogP contribution in [0.5, 0.6) is 0 Å². The Hall–Kier alpha value is -1.58. The van der Waals surface area contributed by atoms with E-state index in [2.05, 4.69) is 14.9 Å². The molecule has 1 amide bonds. The summed E-state index contributed by atoms with van der Waals surface area (Å²) in [4.78, 5) is 24.5. The molecule has 0 unspecified atom stereocenters. The van der Waals surface area contributed by atoms with Crippen LogP contribution >= 0.6 is 11.8 Å². The van der Waals surface area contributed by atoms with Crippen molar-refractivity contribution in [2.75, 3.05) is 43.4 Å². The molecule has 0 saturated carbocycles. The van der Waals surface area contributed by atoms with Crippen molar-refractivity contribution >= 4 is 38.5 Å². The highest BCUT2D eigenvalue weighted by molar-refractivity contribution is 7.99. The molecule has 0 aliphatic carbocycles. The second kappa shape index (κ2) is 8.42. The number of sulfone groups is 1. The number of amides is 1. The van der Waals surface area contributed by atoms with Crippen molar-refractivity contribution in [3.05, 3.63) is 24.3 Å². The molecular weight excluding hydrogens is 396 g/mol. The first-order valence-electron chi connectivity index (χ1n) is 9.80. The predicted octanol–water partition coefficient (Wildman–Crippen LogP) is 1.77. The zero-order chi connectivity index (χ0) is 19.6. The molecule has 3 heterocycles. The Balaban J connectivity index is 1.17. The maximum Gasteiger partial charge on any atom is 0.222 e. The van der Waals surface area contributed by atoms with Crippen molar-refractivity contribution in [2.24, 2.45) is 0 Å².